The van der Waals surface area contributed by atoms with Gasteiger partial charge in [0.05, 0.1) is 17.3 Å². The summed E-state index contributed by atoms with van der Waals surface area (Å²) in [6.07, 6.45) is -3.82. The smallest absolute Gasteiger partial charge is 0.340 e. The molecule has 0 fully saturated rings. The van der Waals surface area contributed by atoms with Gasteiger partial charge in [0.25, 0.3) is 0 Å². The number of nitrogen functional groups attached to an aromatic ring is 1. The summed E-state index contributed by atoms with van der Waals surface area (Å²) in [5.74, 6) is -4.47. The topological polar surface area (TPSA) is 59.0 Å². The van der Waals surface area contributed by atoms with E-state index in [-0.39, 0.29) is 17.0 Å². The van der Waals surface area contributed by atoms with Crippen LogP contribution in [0.25, 0.3) is 0 Å². The van der Waals surface area contributed by atoms with Crippen LogP contribution in [0.3, 0.4) is 0 Å². The van der Waals surface area contributed by atoms with Crippen LogP contribution in [0.1, 0.15) is 5.56 Å². The van der Waals surface area contributed by atoms with Crippen LogP contribution in [0.4, 0.5) is 23.2 Å². The Kier molecular flexibility index (Phi) is 3.78. The lowest BCUT2D eigenvalue weighted by Gasteiger charge is -2.16. The molecule has 0 radical (unpaired) electrons. The molecule has 0 aliphatic rings. The van der Waals surface area contributed by atoms with Gasteiger partial charge in [-0.1, -0.05) is 0 Å². The molecule has 0 aromatic heterocycles. The summed E-state index contributed by atoms with van der Waals surface area (Å²) in [6.45, 7) is -1.50. The van der Waals surface area contributed by atoms with Gasteiger partial charge in [0.15, 0.2) is 6.61 Å². The normalized spacial score (nSPS) is 11.3. The summed E-state index contributed by atoms with van der Waals surface area (Å²) in [5.41, 5.74) is 5.51. The third-order valence-corrected chi connectivity index (χ3v) is 1.88. The van der Waals surface area contributed by atoms with Crippen LogP contribution >= 0.6 is 0 Å². The summed E-state index contributed by atoms with van der Waals surface area (Å²) < 4.78 is 53.3. The number of rotatable bonds is 4. The van der Waals surface area contributed by atoms with Crippen molar-refractivity contribution in [1.82, 2.24) is 0 Å². The van der Waals surface area contributed by atoms with Crippen LogP contribution in [0.2, 0.25) is 0 Å². The zero-order chi connectivity index (χ0) is 13.1. The molecule has 1 aromatic carbocycles. The van der Waals surface area contributed by atoms with Crippen molar-refractivity contribution >= 4 is 5.69 Å². The summed E-state index contributed by atoms with van der Waals surface area (Å²) in [4.78, 5) is 0. The highest BCUT2D eigenvalue weighted by Crippen LogP contribution is 2.27. The van der Waals surface area contributed by atoms with E-state index in [2.05, 4.69) is 4.74 Å². The summed E-state index contributed by atoms with van der Waals surface area (Å²) in [5, 5.41) is 8.55. The number of hydrogen-bond donors (Lipinski definition) is 1. The molecule has 1 rings (SSSR count). The second kappa shape index (κ2) is 4.91. The molecule has 1 aromatic rings. The quantitative estimate of drug-likeness (QED) is 0.657. The fourth-order valence-corrected chi connectivity index (χ4v) is 0.966. The lowest BCUT2D eigenvalue weighted by atomic mass is 10.2. The number of ether oxygens (including phenoxy) is 1. The first-order valence-electron chi connectivity index (χ1n) is 4.45. The zero-order valence-electron chi connectivity index (χ0n) is 8.46. The van der Waals surface area contributed by atoms with Crippen molar-refractivity contribution in [1.29, 1.82) is 5.26 Å². The Morgan fingerprint density at radius 3 is 2.59 bits per heavy atom. The van der Waals surface area contributed by atoms with E-state index >= 15 is 0 Å². The SMILES string of the molecule is N#Cc1ccc(N)c(OCC(F)(F)C(F)F)c1. The Labute approximate surface area is 94.4 Å². The van der Waals surface area contributed by atoms with E-state index in [0.717, 1.165) is 6.07 Å². The van der Waals surface area contributed by atoms with E-state index < -0.39 is 19.0 Å². The van der Waals surface area contributed by atoms with Crippen molar-refractivity contribution in [3.63, 3.8) is 0 Å². The van der Waals surface area contributed by atoms with Gasteiger partial charge in [-0.05, 0) is 12.1 Å². The Hall–Kier alpha value is -1.97. The largest absolute Gasteiger partial charge is 0.485 e. The predicted molar refractivity (Wildman–Crippen MR) is 52.0 cm³/mol. The van der Waals surface area contributed by atoms with Crippen LogP contribution in [-0.4, -0.2) is 19.0 Å². The van der Waals surface area contributed by atoms with Gasteiger partial charge in [-0.3, -0.25) is 0 Å². The van der Waals surface area contributed by atoms with Crippen molar-refractivity contribution in [2.24, 2.45) is 0 Å². The van der Waals surface area contributed by atoms with Crippen LogP contribution < -0.4 is 10.5 Å². The van der Waals surface area contributed by atoms with Gasteiger partial charge in [0.2, 0.25) is 0 Å². The molecule has 0 saturated heterocycles. The van der Waals surface area contributed by atoms with E-state index in [9.17, 15) is 17.6 Å². The fourth-order valence-electron chi connectivity index (χ4n) is 0.966. The van der Waals surface area contributed by atoms with Crippen LogP contribution in [0, 0.1) is 11.3 Å². The number of benzene rings is 1. The highest BCUT2D eigenvalue weighted by Gasteiger charge is 2.41. The van der Waals surface area contributed by atoms with Gasteiger partial charge in [0.1, 0.15) is 5.75 Å². The standard InChI is InChI=1S/C10H8F4N2O/c11-9(12)10(13,14)5-17-8-3-6(4-15)1-2-7(8)16/h1-3,9H,5,16H2. The number of halogens is 4. The van der Waals surface area contributed by atoms with E-state index in [0.29, 0.717) is 0 Å². The lowest BCUT2D eigenvalue weighted by molar-refractivity contribution is -0.148. The van der Waals surface area contributed by atoms with E-state index in [1.54, 1.807) is 6.07 Å². The number of anilines is 1. The van der Waals surface area contributed by atoms with Crippen molar-refractivity contribution in [2.45, 2.75) is 12.3 Å². The monoisotopic (exact) mass is 248 g/mol. The number of alkyl halides is 4. The molecule has 0 heterocycles. The van der Waals surface area contributed by atoms with Gasteiger partial charge < -0.3 is 10.5 Å². The third-order valence-electron chi connectivity index (χ3n) is 1.88. The second-order valence-corrected chi connectivity index (χ2v) is 3.21. The highest BCUT2D eigenvalue weighted by molar-refractivity contribution is 5.56. The molecule has 3 nitrogen and oxygen atoms in total. The number of nitriles is 1. The minimum absolute atomic E-state index is 0.00549. The first kappa shape index (κ1) is 13.1. The Balaban J connectivity index is 2.79. The molecule has 17 heavy (non-hydrogen) atoms. The van der Waals surface area contributed by atoms with Crippen molar-refractivity contribution in [3.8, 4) is 11.8 Å². The summed E-state index contributed by atoms with van der Waals surface area (Å²) in [7, 11) is 0. The molecular formula is C10H8F4N2O. The zero-order valence-corrected chi connectivity index (χ0v) is 8.46. The lowest BCUT2D eigenvalue weighted by Crippen LogP contribution is -2.33. The molecule has 0 bridgehead atoms. The van der Waals surface area contributed by atoms with Gasteiger partial charge >= 0.3 is 12.3 Å². The average molecular weight is 248 g/mol. The number of hydrogen-bond acceptors (Lipinski definition) is 3. The second-order valence-electron chi connectivity index (χ2n) is 3.21. The van der Waals surface area contributed by atoms with Crippen molar-refractivity contribution < 1.29 is 22.3 Å². The van der Waals surface area contributed by atoms with Gasteiger partial charge in [-0.2, -0.15) is 14.0 Å². The molecule has 0 amide bonds. The maximum atomic E-state index is 12.6. The molecule has 0 atom stereocenters. The molecule has 92 valence electrons. The molecule has 0 aliphatic heterocycles. The molecule has 0 aliphatic carbocycles. The fraction of sp³-hybridized carbons (Fsp3) is 0.300. The number of nitrogens with two attached hydrogens (primary N) is 1. The first-order valence-corrected chi connectivity index (χ1v) is 4.45. The van der Waals surface area contributed by atoms with E-state index in [4.69, 9.17) is 11.0 Å². The minimum Gasteiger partial charge on any atom is -0.485 e. The summed E-state index contributed by atoms with van der Waals surface area (Å²) in [6, 6.07) is 5.48. The first-order chi connectivity index (χ1) is 7.86. The molecule has 7 heteroatoms. The van der Waals surface area contributed by atoms with Crippen LogP contribution in [-0.2, 0) is 0 Å². The van der Waals surface area contributed by atoms with Crippen LogP contribution in [0.15, 0.2) is 18.2 Å². The third kappa shape index (κ3) is 3.24. The number of nitrogens with zero attached hydrogens (tertiary/aromatic N) is 1. The van der Waals surface area contributed by atoms with Crippen molar-refractivity contribution in [2.75, 3.05) is 12.3 Å². The molecule has 0 unspecified atom stereocenters. The Morgan fingerprint density at radius 1 is 1.41 bits per heavy atom. The predicted octanol–water partition coefficient (Wildman–Crippen LogP) is 2.42. The van der Waals surface area contributed by atoms with E-state index in [1.165, 1.54) is 12.1 Å². The molecule has 2 N–H and O–H groups in total. The maximum absolute atomic E-state index is 12.6. The molecule has 0 saturated carbocycles. The average Bonchev–Trinajstić information content (AvgIpc) is 2.28. The highest BCUT2D eigenvalue weighted by atomic mass is 19.3. The van der Waals surface area contributed by atoms with Gasteiger partial charge in [-0.15, -0.1) is 0 Å². The van der Waals surface area contributed by atoms with E-state index in [1.807, 2.05) is 0 Å². The Bertz CT molecular complexity index is 442. The minimum atomic E-state index is -4.25. The Morgan fingerprint density at radius 2 is 2.06 bits per heavy atom. The summed E-state index contributed by atoms with van der Waals surface area (Å²) >= 11 is 0. The van der Waals surface area contributed by atoms with Crippen molar-refractivity contribution in [3.05, 3.63) is 23.8 Å². The van der Waals surface area contributed by atoms with Gasteiger partial charge in [-0.25, -0.2) is 8.78 Å². The van der Waals surface area contributed by atoms with Gasteiger partial charge in [0, 0.05) is 6.07 Å². The maximum Gasteiger partial charge on any atom is 0.340 e. The van der Waals surface area contributed by atoms with Crippen LogP contribution in [0.5, 0.6) is 5.75 Å². The molecular weight excluding hydrogens is 240 g/mol. The molecule has 0 spiro atoms.